The number of nitro groups is 1. The molecule has 2 aromatic carbocycles. The van der Waals surface area contributed by atoms with Crippen molar-refractivity contribution in [2.24, 2.45) is 5.41 Å². The first-order valence-electron chi connectivity index (χ1n) is 6.51. The van der Waals surface area contributed by atoms with Crippen molar-refractivity contribution in [1.82, 2.24) is 0 Å². The van der Waals surface area contributed by atoms with Gasteiger partial charge in [-0.25, -0.2) is 0 Å². The number of nitrogens with zero attached hydrogens (tertiary/aromatic N) is 1. The van der Waals surface area contributed by atoms with Crippen LogP contribution < -0.4 is 0 Å². The van der Waals surface area contributed by atoms with Crippen LogP contribution in [0.2, 0.25) is 0 Å². The Morgan fingerprint density at radius 3 is 2.50 bits per heavy atom. The SMILES string of the molecule is CC(C)(C=O)[C@H](C[N+](=O)[O-])c1cccc2ccccc12. The highest BCUT2D eigenvalue weighted by Gasteiger charge is 2.35. The molecule has 0 unspecified atom stereocenters. The first kappa shape index (κ1) is 14.2. The number of carbonyl (C=O) groups excluding carboxylic acids is 1. The van der Waals surface area contributed by atoms with Crippen LogP contribution in [0, 0.1) is 15.5 Å². The summed E-state index contributed by atoms with van der Waals surface area (Å²) in [6.07, 6.45) is 0.808. The lowest BCUT2D eigenvalue weighted by atomic mass is 9.74. The molecular formula is C16H17NO3. The standard InChI is InChI=1S/C16H17NO3/c1-16(2,11-18)15(10-17(19)20)14-9-5-7-12-6-3-4-8-13(12)14/h3-9,11,15H,10H2,1-2H3/t15-/m1/s1. The Morgan fingerprint density at radius 2 is 1.85 bits per heavy atom. The minimum Gasteiger partial charge on any atom is -0.303 e. The summed E-state index contributed by atoms with van der Waals surface area (Å²) in [4.78, 5) is 22.0. The third-order valence-corrected chi connectivity index (χ3v) is 3.73. The van der Waals surface area contributed by atoms with Gasteiger partial charge >= 0.3 is 0 Å². The molecule has 4 heteroatoms. The summed E-state index contributed by atoms with van der Waals surface area (Å²) in [5, 5.41) is 13.0. The zero-order valence-corrected chi connectivity index (χ0v) is 11.6. The Labute approximate surface area is 117 Å². The minimum absolute atomic E-state index is 0.250. The van der Waals surface area contributed by atoms with Crippen molar-refractivity contribution in [3.63, 3.8) is 0 Å². The van der Waals surface area contributed by atoms with Crippen molar-refractivity contribution in [3.05, 3.63) is 58.1 Å². The number of hydrogen-bond acceptors (Lipinski definition) is 3. The summed E-state index contributed by atoms with van der Waals surface area (Å²) in [6.45, 7) is 3.24. The molecule has 4 nitrogen and oxygen atoms in total. The normalized spacial score (nSPS) is 13.1. The highest BCUT2D eigenvalue weighted by atomic mass is 16.6. The van der Waals surface area contributed by atoms with Gasteiger partial charge in [0.15, 0.2) is 0 Å². The van der Waals surface area contributed by atoms with E-state index in [0.29, 0.717) is 0 Å². The highest BCUT2D eigenvalue weighted by molar-refractivity contribution is 5.86. The molecule has 0 saturated carbocycles. The van der Waals surface area contributed by atoms with Crippen LogP contribution in [0.15, 0.2) is 42.5 Å². The maximum atomic E-state index is 11.3. The van der Waals surface area contributed by atoms with Crippen LogP contribution in [0.3, 0.4) is 0 Å². The van der Waals surface area contributed by atoms with Crippen LogP contribution in [0.1, 0.15) is 25.3 Å². The van der Waals surface area contributed by atoms with Gasteiger partial charge in [0.2, 0.25) is 6.54 Å². The number of fused-ring (bicyclic) bond motifs is 1. The second kappa shape index (κ2) is 5.41. The number of hydrogen-bond donors (Lipinski definition) is 0. The molecule has 0 N–H and O–H groups in total. The van der Waals surface area contributed by atoms with Gasteiger partial charge in [-0.05, 0) is 16.3 Å². The molecule has 0 heterocycles. The molecule has 0 aliphatic heterocycles. The molecular weight excluding hydrogens is 254 g/mol. The molecule has 0 aromatic heterocycles. The fraction of sp³-hybridized carbons (Fsp3) is 0.312. The molecule has 20 heavy (non-hydrogen) atoms. The van der Waals surface area contributed by atoms with E-state index in [4.69, 9.17) is 0 Å². The van der Waals surface area contributed by atoms with Gasteiger partial charge in [-0.3, -0.25) is 10.1 Å². The van der Waals surface area contributed by atoms with Crippen LogP contribution in [0.5, 0.6) is 0 Å². The van der Waals surface area contributed by atoms with E-state index in [2.05, 4.69) is 0 Å². The van der Waals surface area contributed by atoms with Crippen LogP contribution in [-0.2, 0) is 4.79 Å². The fourth-order valence-electron chi connectivity index (χ4n) is 2.52. The lowest BCUT2D eigenvalue weighted by Gasteiger charge is -2.27. The molecule has 0 saturated heterocycles. The first-order chi connectivity index (χ1) is 9.45. The monoisotopic (exact) mass is 271 g/mol. The number of carbonyl (C=O) groups is 1. The van der Waals surface area contributed by atoms with Crippen molar-refractivity contribution in [3.8, 4) is 0 Å². The summed E-state index contributed by atoms with van der Waals surface area (Å²) in [7, 11) is 0. The Kier molecular flexibility index (Phi) is 3.84. The van der Waals surface area contributed by atoms with Gasteiger partial charge in [-0.15, -0.1) is 0 Å². The average Bonchev–Trinajstić information content (AvgIpc) is 2.44. The average molecular weight is 271 g/mol. The third kappa shape index (κ3) is 2.69. The van der Waals surface area contributed by atoms with E-state index < -0.39 is 11.3 Å². The first-order valence-corrected chi connectivity index (χ1v) is 6.51. The molecule has 1 atom stereocenters. The summed E-state index contributed by atoms with van der Waals surface area (Å²) in [5.74, 6) is -0.443. The van der Waals surface area contributed by atoms with Gasteiger partial charge in [-0.2, -0.15) is 0 Å². The van der Waals surface area contributed by atoms with Crippen molar-refractivity contribution in [1.29, 1.82) is 0 Å². The summed E-state index contributed by atoms with van der Waals surface area (Å²) in [5.41, 5.74) is 0.0777. The number of benzene rings is 2. The Hall–Kier alpha value is -2.23. The number of rotatable bonds is 5. The fourth-order valence-corrected chi connectivity index (χ4v) is 2.52. The topological polar surface area (TPSA) is 60.2 Å². The maximum absolute atomic E-state index is 11.3. The second-order valence-electron chi connectivity index (χ2n) is 5.58. The highest BCUT2D eigenvalue weighted by Crippen LogP contribution is 2.37. The molecule has 104 valence electrons. The molecule has 0 bridgehead atoms. The Balaban J connectivity index is 2.62. The van der Waals surface area contributed by atoms with Gasteiger partial charge in [-0.1, -0.05) is 56.3 Å². The zero-order valence-electron chi connectivity index (χ0n) is 11.6. The Bertz CT molecular complexity index is 644. The quantitative estimate of drug-likeness (QED) is 0.475. The molecule has 2 aromatic rings. The van der Waals surface area contributed by atoms with Gasteiger partial charge in [0.25, 0.3) is 0 Å². The van der Waals surface area contributed by atoms with Crippen molar-refractivity contribution in [2.75, 3.05) is 6.54 Å². The van der Waals surface area contributed by atoms with Crippen molar-refractivity contribution >= 4 is 17.1 Å². The second-order valence-corrected chi connectivity index (χ2v) is 5.58. The summed E-state index contributed by atoms with van der Waals surface area (Å²) >= 11 is 0. The largest absolute Gasteiger partial charge is 0.303 e. The predicted octanol–water partition coefficient (Wildman–Crippen LogP) is 3.43. The van der Waals surface area contributed by atoms with Crippen LogP contribution in [0.4, 0.5) is 0 Å². The summed E-state index contributed by atoms with van der Waals surface area (Å²) < 4.78 is 0. The summed E-state index contributed by atoms with van der Waals surface area (Å²) in [6, 6.07) is 13.5. The smallest absolute Gasteiger partial charge is 0.211 e. The van der Waals surface area contributed by atoms with E-state index in [1.54, 1.807) is 13.8 Å². The van der Waals surface area contributed by atoms with Crippen molar-refractivity contribution in [2.45, 2.75) is 19.8 Å². The number of aldehydes is 1. The zero-order chi connectivity index (χ0) is 14.8. The molecule has 0 aliphatic rings. The van der Waals surface area contributed by atoms with Gasteiger partial charge in [0, 0.05) is 10.3 Å². The molecule has 0 aliphatic carbocycles. The molecule has 0 amide bonds. The third-order valence-electron chi connectivity index (χ3n) is 3.73. The Morgan fingerprint density at radius 1 is 1.20 bits per heavy atom. The van der Waals surface area contributed by atoms with E-state index in [1.165, 1.54) is 0 Å². The van der Waals surface area contributed by atoms with E-state index in [-0.39, 0.29) is 11.5 Å². The predicted molar refractivity (Wildman–Crippen MR) is 78.4 cm³/mol. The van der Waals surface area contributed by atoms with Gasteiger partial charge in [0.05, 0.1) is 5.92 Å². The minimum atomic E-state index is -0.781. The lowest BCUT2D eigenvalue weighted by molar-refractivity contribution is -0.485. The molecule has 2 rings (SSSR count). The molecule has 0 spiro atoms. The van der Waals surface area contributed by atoms with E-state index in [0.717, 1.165) is 22.6 Å². The van der Waals surface area contributed by atoms with E-state index in [1.807, 2.05) is 42.5 Å². The lowest BCUT2D eigenvalue weighted by Crippen LogP contribution is -2.29. The van der Waals surface area contributed by atoms with E-state index >= 15 is 0 Å². The van der Waals surface area contributed by atoms with Crippen LogP contribution >= 0.6 is 0 Å². The van der Waals surface area contributed by atoms with Crippen LogP contribution in [-0.4, -0.2) is 17.8 Å². The van der Waals surface area contributed by atoms with E-state index in [9.17, 15) is 14.9 Å². The molecule has 0 fully saturated rings. The van der Waals surface area contributed by atoms with Gasteiger partial charge < -0.3 is 4.79 Å². The van der Waals surface area contributed by atoms with Crippen LogP contribution in [0.25, 0.3) is 10.8 Å². The van der Waals surface area contributed by atoms with Crippen molar-refractivity contribution < 1.29 is 9.72 Å². The maximum Gasteiger partial charge on any atom is 0.211 e. The molecule has 0 radical (unpaired) electrons. The van der Waals surface area contributed by atoms with Gasteiger partial charge in [0.1, 0.15) is 6.29 Å².